The number of carbonyl (C=O) groups is 1. The molecule has 1 saturated heterocycles. The number of rotatable bonds is 1. The van der Waals surface area contributed by atoms with Crippen molar-refractivity contribution in [3.8, 4) is 0 Å². The van der Waals surface area contributed by atoms with Gasteiger partial charge in [-0.3, -0.25) is 9.46 Å². The Hall–Kier alpha value is -0.180. The van der Waals surface area contributed by atoms with E-state index >= 15 is 0 Å². The maximum absolute atomic E-state index is 10.6. The third kappa shape index (κ3) is 1.53. The van der Waals surface area contributed by atoms with Crippen molar-refractivity contribution < 1.29 is 15.0 Å². The van der Waals surface area contributed by atoms with E-state index in [0.29, 0.717) is 6.54 Å². The van der Waals surface area contributed by atoms with E-state index in [4.69, 9.17) is 5.11 Å². The van der Waals surface area contributed by atoms with Crippen molar-refractivity contribution in [1.29, 1.82) is 0 Å². The summed E-state index contributed by atoms with van der Waals surface area (Å²) < 4.78 is 1.58. The summed E-state index contributed by atoms with van der Waals surface area (Å²) in [4.78, 5) is 10.6. The number of carboxylic acid groups (broad SMARTS) is 1. The molecule has 0 radical (unpaired) electrons. The first-order valence-electron chi connectivity index (χ1n) is 3.46. The Labute approximate surface area is 67.5 Å². The summed E-state index contributed by atoms with van der Waals surface area (Å²) >= 11 is 0. The molecule has 0 amide bonds. The zero-order chi connectivity index (χ0) is 8.59. The summed E-state index contributed by atoms with van der Waals surface area (Å²) in [6.45, 7) is 2.16. The topological polar surface area (TPSA) is 60.8 Å². The van der Waals surface area contributed by atoms with Gasteiger partial charge in [0, 0.05) is 12.5 Å². The predicted octanol–water partition coefficient (Wildman–Crippen LogP) is -0.458. The highest BCUT2D eigenvalue weighted by Crippen LogP contribution is 2.27. The molecule has 2 unspecified atom stereocenters. The molecular weight excluding hydrogens is 165 g/mol. The van der Waals surface area contributed by atoms with Crippen molar-refractivity contribution in [1.82, 2.24) is 4.67 Å². The first-order chi connectivity index (χ1) is 5.04. The standard InChI is InChI=1S/C6H12NO3P/c1-3-4(8)2-7(11)5(3)6(9)10/h3-5,8H,2,11H2,1H3,(H,9,10)/t3?,4-,5-/m0/s1. The van der Waals surface area contributed by atoms with Crippen molar-refractivity contribution >= 4 is 15.4 Å². The molecule has 0 aromatic rings. The van der Waals surface area contributed by atoms with E-state index in [9.17, 15) is 9.90 Å². The molecule has 0 saturated carbocycles. The Bertz CT molecular complexity index is 175. The fraction of sp³-hybridized carbons (Fsp3) is 0.833. The lowest BCUT2D eigenvalue weighted by atomic mass is 10.0. The van der Waals surface area contributed by atoms with Gasteiger partial charge in [-0.15, -0.1) is 0 Å². The molecule has 4 atom stereocenters. The summed E-state index contributed by atoms with van der Waals surface area (Å²) in [5.74, 6) is -1.06. The van der Waals surface area contributed by atoms with Crippen molar-refractivity contribution in [2.75, 3.05) is 6.54 Å². The molecule has 4 nitrogen and oxygen atoms in total. The third-order valence-corrected chi connectivity index (χ3v) is 2.65. The minimum Gasteiger partial charge on any atom is -0.480 e. The molecule has 0 bridgehead atoms. The van der Waals surface area contributed by atoms with Gasteiger partial charge in [0.1, 0.15) is 6.04 Å². The van der Waals surface area contributed by atoms with Crippen LogP contribution >= 0.6 is 9.39 Å². The summed E-state index contributed by atoms with van der Waals surface area (Å²) in [7, 11) is 2.32. The van der Waals surface area contributed by atoms with E-state index in [1.807, 2.05) is 0 Å². The average molecular weight is 177 g/mol. The Kier molecular flexibility index (Phi) is 2.47. The van der Waals surface area contributed by atoms with Crippen LogP contribution in [0.4, 0.5) is 0 Å². The number of hydrogen-bond donors (Lipinski definition) is 2. The van der Waals surface area contributed by atoms with Gasteiger partial charge in [0.15, 0.2) is 0 Å². The second kappa shape index (κ2) is 3.05. The summed E-state index contributed by atoms with van der Waals surface area (Å²) in [6.07, 6.45) is -0.520. The number of carboxylic acids is 1. The average Bonchev–Trinajstić information content (AvgIpc) is 2.07. The lowest BCUT2D eigenvalue weighted by molar-refractivity contribution is -0.141. The maximum atomic E-state index is 10.6. The van der Waals surface area contributed by atoms with Crippen LogP contribution in [0.2, 0.25) is 0 Å². The molecule has 1 heterocycles. The first kappa shape index (κ1) is 8.91. The highest BCUT2D eigenvalue weighted by atomic mass is 31.0. The smallest absolute Gasteiger partial charge is 0.321 e. The number of aliphatic carboxylic acids is 1. The molecule has 1 aliphatic heterocycles. The quantitative estimate of drug-likeness (QED) is 0.532. The van der Waals surface area contributed by atoms with Gasteiger partial charge in [0.2, 0.25) is 0 Å². The van der Waals surface area contributed by atoms with E-state index in [-0.39, 0.29) is 5.92 Å². The molecule has 0 spiro atoms. The number of aliphatic hydroxyl groups is 1. The second-order valence-corrected chi connectivity index (χ2v) is 3.57. The maximum Gasteiger partial charge on any atom is 0.321 e. The fourth-order valence-electron chi connectivity index (χ4n) is 1.38. The Morgan fingerprint density at radius 3 is 2.45 bits per heavy atom. The lowest BCUT2D eigenvalue weighted by Crippen LogP contribution is -2.33. The van der Waals surface area contributed by atoms with Crippen LogP contribution in [-0.2, 0) is 4.79 Å². The number of aliphatic hydroxyl groups excluding tert-OH is 1. The summed E-state index contributed by atoms with van der Waals surface area (Å²) in [5.41, 5.74) is 0. The van der Waals surface area contributed by atoms with Crippen molar-refractivity contribution in [3.63, 3.8) is 0 Å². The Morgan fingerprint density at radius 1 is 1.73 bits per heavy atom. The van der Waals surface area contributed by atoms with Crippen molar-refractivity contribution in [3.05, 3.63) is 0 Å². The molecule has 5 heteroatoms. The van der Waals surface area contributed by atoms with Gasteiger partial charge >= 0.3 is 5.97 Å². The van der Waals surface area contributed by atoms with Crippen LogP contribution in [0.1, 0.15) is 6.92 Å². The van der Waals surface area contributed by atoms with Crippen LogP contribution in [0.25, 0.3) is 0 Å². The third-order valence-electron chi connectivity index (χ3n) is 2.11. The fourth-order valence-corrected chi connectivity index (χ4v) is 1.99. The summed E-state index contributed by atoms with van der Waals surface area (Å²) in [5, 5.41) is 18.0. The Morgan fingerprint density at radius 2 is 2.27 bits per heavy atom. The largest absolute Gasteiger partial charge is 0.480 e. The van der Waals surface area contributed by atoms with Crippen LogP contribution in [0.15, 0.2) is 0 Å². The highest BCUT2D eigenvalue weighted by Gasteiger charge is 2.40. The first-order valence-corrected chi connectivity index (χ1v) is 3.98. The zero-order valence-electron chi connectivity index (χ0n) is 6.27. The van der Waals surface area contributed by atoms with Crippen LogP contribution in [0.5, 0.6) is 0 Å². The van der Waals surface area contributed by atoms with Gasteiger partial charge < -0.3 is 10.2 Å². The molecule has 2 N–H and O–H groups in total. The summed E-state index contributed by atoms with van der Waals surface area (Å²) in [6, 6.07) is -0.560. The second-order valence-electron chi connectivity index (χ2n) is 2.91. The van der Waals surface area contributed by atoms with Gasteiger partial charge in [-0.05, 0) is 0 Å². The molecular formula is C6H12NO3P. The van der Waals surface area contributed by atoms with Gasteiger partial charge in [-0.1, -0.05) is 16.3 Å². The van der Waals surface area contributed by atoms with E-state index in [0.717, 1.165) is 0 Å². The normalized spacial score (nSPS) is 39.4. The molecule has 64 valence electrons. The number of hydrogen-bond acceptors (Lipinski definition) is 3. The molecule has 1 rings (SSSR count). The van der Waals surface area contributed by atoms with Crippen molar-refractivity contribution in [2.45, 2.75) is 19.1 Å². The molecule has 11 heavy (non-hydrogen) atoms. The number of β-amino-alcohol motifs (C(OH)–C–C–N with tert-alkyl or cyclic N) is 1. The van der Waals surface area contributed by atoms with Crippen LogP contribution in [0, 0.1) is 5.92 Å². The SMILES string of the molecule is CC1[C@@H](C(=O)O)N(P)C[C@@H]1O. The highest BCUT2D eigenvalue weighted by molar-refractivity contribution is 7.13. The number of nitrogens with zero attached hydrogens (tertiary/aromatic N) is 1. The van der Waals surface area contributed by atoms with Crippen LogP contribution in [0.3, 0.4) is 0 Å². The molecule has 1 fully saturated rings. The molecule has 1 aliphatic rings. The van der Waals surface area contributed by atoms with Gasteiger partial charge in [-0.2, -0.15) is 0 Å². The minimum atomic E-state index is -0.871. The predicted molar refractivity (Wildman–Crippen MR) is 43.0 cm³/mol. The van der Waals surface area contributed by atoms with E-state index in [1.165, 1.54) is 0 Å². The zero-order valence-corrected chi connectivity index (χ0v) is 7.42. The lowest BCUT2D eigenvalue weighted by Gasteiger charge is -2.16. The molecule has 0 aromatic heterocycles. The van der Waals surface area contributed by atoms with Gasteiger partial charge in [0.25, 0.3) is 0 Å². The Balaban J connectivity index is 2.71. The van der Waals surface area contributed by atoms with Crippen LogP contribution in [-0.4, -0.2) is 39.5 Å². The van der Waals surface area contributed by atoms with Crippen LogP contribution < -0.4 is 0 Å². The molecule has 0 aliphatic carbocycles. The minimum absolute atomic E-state index is 0.190. The van der Waals surface area contributed by atoms with E-state index in [2.05, 4.69) is 9.39 Å². The van der Waals surface area contributed by atoms with Gasteiger partial charge in [0.05, 0.1) is 6.10 Å². The molecule has 0 aromatic carbocycles. The van der Waals surface area contributed by atoms with E-state index < -0.39 is 18.1 Å². The van der Waals surface area contributed by atoms with Gasteiger partial charge in [-0.25, -0.2) is 0 Å². The van der Waals surface area contributed by atoms with E-state index in [1.54, 1.807) is 11.6 Å². The van der Waals surface area contributed by atoms with Crippen molar-refractivity contribution in [2.24, 2.45) is 5.92 Å². The monoisotopic (exact) mass is 177 g/mol.